The van der Waals surface area contributed by atoms with E-state index in [4.69, 9.17) is 0 Å². The van der Waals surface area contributed by atoms with E-state index in [1.54, 1.807) is 6.26 Å². The van der Waals surface area contributed by atoms with Crippen molar-refractivity contribution in [1.29, 1.82) is 0 Å². The van der Waals surface area contributed by atoms with Gasteiger partial charge in [0, 0.05) is 17.2 Å². The van der Waals surface area contributed by atoms with Gasteiger partial charge < -0.3 is 5.11 Å². The molecule has 0 amide bonds. The second-order valence-corrected chi connectivity index (χ2v) is 8.11. The van der Waals surface area contributed by atoms with Gasteiger partial charge in [-0.05, 0) is 48.6 Å². The van der Waals surface area contributed by atoms with E-state index >= 15 is 0 Å². The topological polar surface area (TPSA) is 37.3 Å². The van der Waals surface area contributed by atoms with Gasteiger partial charge in [0.25, 0.3) is 0 Å². The third-order valence-electron chi connectivity index (χ3n) is 4.69. The fraction of sp³-hybridized carbons (Fsp3) is 0.611. The lowest BCUT2D eigenvalue weighted by Crippen LogP contribution is -2.38. The molecule has 1 aromatic carbocycles. The number of carbonyl (C=O) groups excluding carboxylic acids is 1. The van der Waals surface area contributed by atoms with E-state index in [1.165, 1.54) is 17.8 Å². The lowest BCUT2D eigenvalue weighted by molar-refractivity contribution is -0.137. The van der Waals surface area contributed by atoms with Crippen LogP contribution in [-0.4, -0.2) is 23.2 Å². The standard InChI is InChI=1S/C18H23F3O2S/c1-17(2)7-6-14(15(22)9-17)16(23)13-5-4-12(18(19,20)21)8-11(13)10-24-3/h4-5,8,14-15,22H,6-7,9-10H2,1-3H3. The van der Waals surface area contributed by atoms with Crippen LogP contribution in [0.2, 0.25) is 0 Å². The first-order valence-corrected chi connectivity index (χ1v) is 9.36. The van der Waals surface area contributed by atoms with Crippen LogP contribution in [0.1, 0.15) is 54.6 Å². The van der Waals surface area contributed by atoms with Crippen molar-refractivity contribution < 1.29 is 23.1 Å². The van der Waals surface area contributed by atoms with Crippen molar-refractivity contribution in [2.24, 2.45) is 11.3 Å². The maximum Gasteiger partial charge on any atom is 0.416 e. The smallest absolute Gasteiger partial charge is 0.392 e. The van der Waals surface area contributed by atoms with Crippen molar-refractivity contribution in [1.82, 2.24) is 0 Å². The highest BCUT2D eigenvalue weighted by molar-refractivity contribution is 7.97. The molecule has 1 N–H and O–H groups in total. The highest BCUT2D eigenvalue weighted by atomic mass is 32.2. The number of rotatable bonds is 4. The Labute approximate surface area is 144 Å². The minimum atomic E-state index is -4.43. The molecule has 24 heavy (non-hydrogen) atoms. The van der Waals surface area contributed by atoms with E-state index in [0.717, 1.165) is 18.6 Å². The van der Waals surface area contributed by atoms with Crippen molar-refractivity contribution in [3.63, 3.8) is 0 Å². The summed E-state index contributed by atoms with van der Waals surface area (Å²) in [4.78, 5) is 12.8. The van der Waals surface area contributed by atoms with Crippen molar-refractivity contribution in [2.75, 3.05) is 6.26 Å². The zero-order valence-electron chi connectivity index (χ0n) is 14.1. The van der Waals surface area contributed by atoms with Gasteiger partial charge in [0.05, 0.1) is 11.7 Å². The first-order chi connectivity index (χ1) is 11.0. The summed E-state index contributed by atoms with van der Waals surface area (Å²) >= 11 is 1.37. The van der Waals surface area contributed by atoms with E-state index in [1.807, 2.05) is 13.8 Å². The molecular weight excluding hydrogens is 337 g/mol. The van der Waals surface area contributed by atoms with Crippen molar-refractivity contribution in [3.8, 4) is 0 Å². The van der Waals surface area contributed by atoms with Gasteiger partial charge in [-0.15, -0.1) is 0 Å². The summed E-state index contributed by atoms with van der Waals surface area (Å²) in [6, 6.07) is 3.28. The van der Waals surface area contributed by atoms with E-state index in [2.05, 4.69) is 0 Å². The fourth-order valence-electron chi connectivity index (χ4n) is 3.34. The third kappa shape index (κ3) is 4.33. The molecule has 1 aromatic rings. The highest BCUT2D eigenvalue weighted by Gasteiger charge is 2.39. The predicted molar refractivity (Wildman–Crippen MR) is 90.1 cm³/mol. The summed E-state index contributed by atoms with van der Waals surface area (Å²) in [7, 11) is 0. The van der Waals surface area contributed by atoms with Crippen LogP contribution in [-0.2, 0) is 11.9 Å². The minimum absolute atomic E-state index is 0.0154. The Morgan fingerprint density at radius 2 is 2.04 bits per heavy atom. The maximum absolute atomic E-state index is 12.9. The van der Waals surface area contributed by atoms with Gasteiger partial charge in [-0.2, -0.15) is 24.9 Å². The number of benzene rings is 1. The van der Waals surface area contributed by atoms with Crippen LogP contribution in [0, 0.1) is 11.3 Å². The van der Waals surface area contributed by atoms with Crippen molar-refractivity contribution >= 4 is 17.5 Å². The molecule has 1 aliphatic carbocycles. The minimum Gasteiger partial charge on any atom is -0.392 e. The summed E-state index contributed by atoms with van der Waals surface area (Å²) in [6.07, 6.45) is -1.48. The van der Waals surface area contributed by atoms with Gasteiger partial charge in [-0.25, -0.2) is 0 Å². The summed E-state index contributed by atoms with van der Waals surface area (Å²) < 4.78 is 38.7. The van der Waals surface area contributed by atoms with Crippen LogP contribution in [0.15, 0.2) is 18.2 Å². The second kappa shape index (κ2) is 7.08. The Bertz CT molecular complexity index is 611. The molecule has 0 heterocycles. The monoisotopic (exact) mass is 360 g/mol. The van der Waals surface area contributed by atoms with Gasteiger partial charge in [0.2, 0.25) is 0 Å². The molecule has 1 saturated carbocycles. The van der Waals surface area contributed by atoms with Crippen LogP contribution in [0.25, 0.3) is 0 Å². The average molecular weight is 360 g/mol. The van der Waals surface area contributed by atoms with Crippen LogP contribution in [0.4, 0.5) is 13.2 Å². The number of aliphatic hydroxyl groups is 1. The lowest BCUT2D eigenvalue weighted by Gasteiger charge is -2.37. The van der Waals surface area contributed by atoms with Gasteiger partial charge in [0.15, 0.2) is 5.78 Å². The number of aliphatic hydroxyl groups excluding tert-OH is 1. The second-order valence-electron chi connectivity index (χ2n) is 7.25. The molecule has 0 radical (unpaired) electrons. The van der Waals surface area contributed by atoms with E-state index < -0.39 is 23.8 Å². The van der Waals surface area contributed by atoms with Crippen LogP contribution < -0.4 is 0 Å². The number of halogens is 3. The zero-order valence-corrected chi connectivity index (χ0v) is 14.9. The molecule has 2 rings (SSSR count). The number of Topliss-reactive ketones (excluding diaryl/α,β-unsaturated/α-hetero) is 1. The molecule has 0 bridgehead atoms. The third-order valence-corrected chi connectivity index (χ3v) is 5.29. The highest BCUT2D eigenvalue weighted by Crippen LogP contribution is 2.40. The Morgan fingerprint density at radius 1 is 1.38 bits per heavy atom. The van der Waals surface area contributed by atoms with Crippen LogP contribution in [0.5, 0.6) is 0 Å². The number of alkyl halides is 3. The molecule has 1 aliphatic rings. The number of hydrogen-bond acceptors (Lipinski definition) is 3. The summed E-state index contributed by atoms with van der Waals surface area (Å²) in [5.74, 6) is -0.439. The number of hydrogen-bond donors (Lipinski definition) is 1. The Kier molecular flexibility index (Phi) is 5.70. The summed E-state index contributed by atoms with van der Waals surface area (Å²) in [6.45, 7) is 4.10. The normalized spacial score (nSPS) is 24.0. The Balaban J connectivity index is 2.32. The van der Waals surface area contributed by atoms with Gasteiger partial charge in [-0.1, -0.05) is 19.9 Å². The Morgan fingerprint density at radius 3 is 2.58 bits per heavy atom. The number of ketones is 1. The molecule has 134 valence electrons. The average Bonchev–Trinajstić information content (AvgIpc) is 2.45. The van der Waals surface area contributed by atoms with E-state index in [0.29, 0.717) is 29.7 Å². The fourth-order valence-corrected chi connectivity index (χ4v) is 3.89. The molecule has 2 atom stereocenters. The molecule has 0 spiro atoms. The first kappa shape index (κ1) is 19.3. The van der Waals surface area contributed by atoms with Gasteiger partial charge in [-0.3, -0.25) is 4.79 Å². The van der Waals surface area contributed by atoms with Crippen LogP contribution >= 0.6 is 11.8 Å². The maximum atomic E-state index is 12.9. The Hall–Kier alpha value is -1.01. The molecule has 0 aromatic heterocycles. The predicted octanol–water partition coefficient (Wildman–Crippen LogP) is 4.94. The SMILES string of the molecule is CSCc1cc(C(F)(F)F)ccc1C(=O)C1CCC(C)(C)CC1O. The largest absolute Gasteiger partial charge is 0.416 e. The molecule has 0 saturated heterocycles. The summed E-state index contributed by atoms with van der Waals surface area (Å²) in [5, 5.41) is 10.3. The lowest BCUT2D eigenvalue weighted by atomic mass is 9.69. The number of carbonyl (C=O) groups is 1. The summed E-state index contributed by atoms with van der Waals surface area (Å²) in [5.41, 5.74) is -0.0628. The van der Waals surface area contributed by atoms with Crippen molar-refractivity contribution in [2.45, 2.75) is 51.1 Å². The first-order valence-electron chi connectivity index (χ1n) is 7.96. The van der Waals surface area contributed by atoms with Crippen molar-refractivity contribution in [3.05, 3.63) is 34.9 Å². The molecule has 6 heteroatoms. The van der Waals surface area contributed by atoms with Gasteiger partial charge >= 0.3 is 6.18 Å². The molecule has 0 aliphatic heterocycles. The van der Waals surface area contributed by atoms with E-state index in [9.17, 15) is 23.1 Å². The molecule has 2 unspecified atom stereocenters. The van der Waals surface area contributed by atoms with Gasteiger partial charge in [0.1, 0.15) is 0 Å². The van der Waals surface area contributed by atoms with E-state index in [-0.39, 0.29) is 11.2 Å². The molecule has 2 nitrogen and oxygen atoms in total. The quantitative estimate of drug-likeness (QED) is 0.773. The molecule has 1 fully saturated rings. The van der Waals surface area contributed by atoms with Crippen LogP contribution in [0.3, 0.4) is 0 Å². The number of thioether (sulfide) groups is 1. The zero-order chi connectivity index (χ0) is 18.1. The molecular formula is C18H23F3O2S.